The summed E-state index contributed by atoms with van der Waals surface area (Å²) >= 11 is 0. The first kappa shape index (κ1) is 22.3. The summed E-state index contributed by atoms with van der Waals surface area (Å²) in [5, 5.41) is 27.5. The van der Waals surface area contributed by atoms with Crippen LogP contribution in [0.1, 0.15) is 5.56 Å². The lowest BCUT2D eigenvalue weighted by molar-refractivity contribution is -0.143. The van der Waals surface area contributed by atoms with Crippen molar-refractivity contribution in [2.24, 2.45) is 5.73 Å². The number of alkyl carbamates (subject to hydrolysis) is 1. The van der Waals surface area contributed by atoms with Crippen LogP contribution in [0.5, 0.6) is 0 Å². The zero-order valence-electron chi connectivity index (χ0n) is 13.6. The highest BCUT2D eigenvalue weighted by atomic mass is 16.5. The van der Waals surface area contributed by atoms with Crippen molar-refractivity contribution in [3.63, 3.8) is 0 Å². The number of benzene rings is 1. The van der Waals surface area contributed by atoms with Crippen molar-refractivity contribution in [1.29, 1.82) is 0 Å². The Morgan fingerprint density at radius 3 is 2.16 bits per heavy atom. The van der Waals surface area contributed by atoms with E-state index >= 15 is 0 Å². The number of carbonyl (C=O) groups excluding carboxylic acids is 2. The quantitative estimate of drug-likeness (QED) is 0.377. The first-order valence-electron chi connectivity index (χ1n) is 7.10. The minimum absolute atomic E-state index is 0.0461. The number of aliphatic hydroxyl groups is 2. The molecule has 0 spiro atoms. The summed E-state index contributed by atoms with van der Waals surface area (Å²) in [6.45, 7) is -1.01. The Morgan fingerprint density at radius 2 is 1.76 bits per heavy atom. The van der Waals surface area contributed by atoms with Gasteiger partial charge in [-0.1, -0.05) is 30.3 Å². The van der Waals surface area contributed by atoms with Gasteiger partial charge in [-0.15, -0.1) is 0 Å². The number of hydrogen-bond acceptors (Lipinski definition) is 8. The van der Waals surface area contributed by atoms with E-state index in [1.165, 1.54) is 7.11 Å². The van der Waals surface area contributed by atoms with Crippen molar-refractivity contribution in [2.45, 2.75) is 18.7 Å². The average Bonchev–Trinajstić information content (AvgIpc) is 2.64. The number of rotatable bonds is 7. The molecule has 0 aromatic heterocycles. The summed E-state index contributed by atoms with van der Waals surface area (Å²) in [5.74, 6) is -1.91. The van der Waals surface area contributed by atoms with Crippen molar-refractivity contribution in [1.82, 2.24) is 5.32 Å². The number of aliphatic hydroxyl groups excluding tert-OH is 2. The lowest BCUT2D eigenvalue weighted by Crippen LogP contribution is -2.43. The molecule has 0 heterocycles. The van der Waals surface area contributed by atoms with Gasteiger partial charge in [-0.05, 0) is 5.56 Å². The van der Waals surface area contributed by atoms with Crippen LogP contribution < -0.4 is 11.1 Å². The molecule has 0 unspecified atom stereocenters. The monoisotopic (exact) mass is 358 g/mol. The van der Waals surface area contributed by atoms with Crippen molar-refractivity contribution < 1.29 is 39.2 Å². The van der Waals surface area contributed by atoms with Crippen LogP contribution in [0.15, 0.2) is 30.3 Å². The molecular formula is C15H22N2O8. The Labute approximate surface area is 144 Å². The molecule has 0 saturated heterocycles. The highest BCUT2D eigenvalue weighted by molar-refractivity contribution is 5.79. The zero-order valence-corrected chi connectivity index (χ0v) is 13.6. The average molecular weight is 358 g/mol. The number of carbonyl (C=O) groups is 3. The molecule has 0 radical (unpaired) electrons. The molecule has 0 aliphatic carbocycles. The minimum Gasteiger partial charge on any atom is -0.480 e. The molecule has 6 N–H and O–H groups in total. The fraction of sp³-hybridized carbons (Fsp3) is 0.400. The third-order valence-corrected chi connectivity index (χ3v) is 2.69. The Hall–Kier alpha value is -2.69. The second-order valence-corrected chi connectivity index (χ2v) is 4.59. The van der Waals surface area contributed by atoms with E-state index in [2.05, 4.69) is 4.74 Å². The topological polar surface area (TPSA) is 168 Å². The number of ether oxygens (including phenoxy) is 2. The maximum atomic E-state index is 11.2. The van der Waals surface area contributed by atoms with E-state index in [1.807, 2.05) is 11.4 Å². The summed E-state index contributed by atoms with van der Waals surface area (Å²) in [7, 11) is 1.22. The zero-order chi connectivity index (χ0) is 19.2. The predicted molar refractivity (Wildman–Crippen MR) is 85.3 cm³/mol. The summed E-state index contributed by atoms with van der Waals surface area (Å²) in [6, 6.07) is 6.73. The molecule has 140 valence electrons. The molecule has 1 amide bonds. The van der Waals surface area contributed by atoms with Gasteiger partial charge in [-0.2, -0.15) is 0 Å². The molecule has 1 rings (SSSR count). The smallest absolute Gasteiger partial charge is 0.408 e. The van der Waals surface area contributed by atoms with Gasteiger partial charge in [0.1, 0.15) is 12.6 Å². The molecule has 0 fully saturated rings. The largest absolute Gasteiger partial charge is 0.480 e. The molecule has 1 aromatic rings. The fourth-order valence-electron chi connectivity index (χ4n) is 1.32. The first-order valence-corrected chi connectivity index (χ1v) is 7.10. The molecule has 0 aliphatic rings. The SMILES string of the molecule is COC(=O)[C@@H](N)CO.O=C(N[C@@H](CO)C(=O)O)OCc1ccccc1. The lowest BCUT2D eigenvalue weighted by atomic mass is 10.2. The number of amides is 1. The van der Waals surface area contributed by atoms with Crippen molar-refractivity contribution in [3.8, 4) is 0 Å². The van der Waals surface area contributed by atoms with E-state index in [0.29, 0.717) is 0 Å². The van der Waals surface area contributed by atoms with Gasteiger partial charge in [-0.3, -0.25) is 4.79 Å². The summed E-state index contributed by atoms with van der Waals surface area (Å²) in [6.07, 6.45) is -0.879. The number of nitrogens with one attached hydrogen (secondary N) is 1. The highest BCUT2D eigenvalue weighted by Gasteiger charge is 2.19. The Bertz CT molecular complexity index is 538. The van der Waals surface area contributed by atoms with E-state index in [9.17, 15) is 14.4 Å². The Morgan fingerprint density at radius 1 is 1.16 bits per heavy atom. The maximum absolute atomic E-state index is 11.2. The highest BCUT2D eigenvalue weighted by Crippen LogP contribution is 2.00. The number of esters is 1. The van der Waals surface area contributed by atoms with Gasteiger partial charge in [0.05, 0.1) is 20.3 Å². The van der Waals surface area contributed by atoms with Gasteiger partial charge >= 0.3 is 18.0 Å². The van der Waals surface area contributed by atoms with E-state index in [4.69, 9.17) is 25.8 Å². The number of aliphatic carboxylic acids is 1. The van der Waals surface area contributed by atoms with Gasteiger partial charge in [-0.25, -0.2) is 9.59 Å². The molecule has 0 aliphatic heterocycles. The van der Waals surface area contributed by atoms with E-state index in [-0.39, 0.29) is 13.2 Å². The Balaban J connectivity index is 0.000000609. The van der Waals surface area contributed by atoms with Gasteiger partial charge in [0.25, 0.3) is 0 Å². The summed E-state index contributed by atoms with van der Waals surface area (Å²) < 4.78 is 8.96. The standard InChI is InChI=1S/C11H13NO5.C4H9NO3/c13-6-9(10(14)15)12-11(16)17-7-8-4-2-1-3-5-8;1-8-4(7)3(5)2-6/h1-5,9,13H,6-7H2,(H,12,16)(H,14,15);3,6H,2,5H2,1H3/t9-;3-/m00/s1. The molecule has 0 bridgehead atoms. The van der Waals surface area contributed by atoms with Crippen LogP contribution in [0.3, 0.4) is 0 Å². The number of carboxylic acids is 1. The molecule has 2 atom stereocenters. The van der Waals surface area contributed by atoms with E-state index in [1.54, 1.807) is 24.3 Å². The van der Waals surface area contributed by atoms with E-state index in [0.717, 1.165) is 5.56 Å². The van der Waals surface area contributed by atoms with Crippen molar-refractivity contribution in [2.75, 3.05) is 20.3 Å². The third kappa shape index (κ3) is 9.91. The molecule has 10 heteroatoms. The fourth-order valence-corrected chi connectivity index (χ4v) is 1.32. The van der Waals surface area contributed by atoms with Gasteiger partial charge in [0.15, 0.2) is 6.04 Å². The number of hydrogen-bond donors (Lipinski definition) is 5. The molecule has 10 nitrogen and oxygen atoms in total. The molecular weight excluding hydrogens is 336 g/mol. The van der Waals surface area contributed by atoms with Crippen LogP contribution in [0.2, 0.25) is 0 Å². The number of nitrogens with two attached hydrogens (primary N) is 1. The van der Waals surface area contributed by atoms with Crippen LogP contribution in [0, 0.1) is 0 Å². The van der Waals surface area contributed by atoms with Crippen LogP contribution in [0.25, 0.3) is 0 Å². The lowest BCUT2D eigenvalue weighted by Gasteiger charge is -2.11. The van der Waals surface area contributed by atoms with Crippen molar-refractivity contribution in [3.05, 3.63) is 35.9 Å². The third-order valence-electron chi connectivity index (χ3n) is 2.69. The van der Waals surface area contributed by atoms with Crippen LogP contribution in [0.4, 0.5) is 4.79 Å². The normalized spacial score (nSPS) is 12.0. The van der Waals surface area contributed by atoms with Gasteiger partial charge in [0, 0.05) is 0 Å². The number of carboxylic acid groups (broad SMARTS) is 1. The maximum Gasteiger partial charge on any atom is 0.408 e. The van der Waals surface area contributed by atoms with Crippen LogP contribution >= 0.6 is 0 Å². The summed E-state index contributed by atoms with van der Waals surface area (Å²) in [5.41, 5.74) is 5.79. The molecule has 1 aromatic carbocycles. The number of methoxy groups -OCH3 is 1. The minimum atomic E-state index is -1.35. The molecule has 25 heavy (non-hydrogen) atoms. The van der Waals surface area contributed by atoms with Crippen LogP contribution in [-0.2, 0) is 25.7 Å². The van der Waals surface area contributed by atoms with Crippen molar-refractivity contribution >= 4 is 18.0 Å². The van der Waals surface area contributed by atoms with Crippen LogP contribution in [-0.4, -0.2) is 65.8 Å². The molecule has 0 saturated carbocycles. The second-order valence-electron chi connectivity index (χ2n) is 4.59. The van der Waals surface area contributed by atoms with Gasteiger partial charge in [0.2, 0.25) is 0 Å². The Kier molecular flexibility index (Phi) is 11.3. The summed E-state index contributed by atoms with van der Waals surface area (Å²) in [4.78, 5) is 31.9. The predicted octanol–water partition coefficient (Wildman–Crippen LogP) is -1.16. The van der Waals surface area contributed by atoms with Gasteiger partial charge < -0.3 is 35.8 Å². The first-order chi connectivity index (χ1) is 11.8. The van der Waals surface area contributed by atoms with E-state index < -0.39 is 36.7 Å². The second kappa shape index (κ2) is 12.7.